The first-order chi connectivity index (χ1) is 16.0. The van der Waals surface area contributed by atoms with Crippen molar-refractivity contribution in [2.75, 3.05) is 5.75 Å². The Kier molecular flexibility index (Phi) is 6.75. The monoisotopic (exact) mass is 464 g/mol. The van der Waals surface area contributed by atoms with Crippen molar-refractivity contribution in [1.82, 2.24) is 14.8 Å². The summed E-state index contributed by atoms with van der Waals surface area (Å²) in [7, 11) is 0. The van der Waals surface area contributed by atoms with E-state index in [0.717, 1.165) is 17.4 Å². The average molecular weight is 464 g/mol. The summed E-state index contributed by atoms with van der Waals surface area (Å²) in [5, 5.41) is 19.5. The number of non-ortho nitro benzene ring substituents is 1. The minimum atomic E-state index is -0.495. The molecule has 0 spiro atoms. The molecule has 8 nitrogen and oxygen atoms in total. The van der Waals surface area contributed by atoms with E-state index in [1.807, 2.05) is 30.3 Å². The molecule has 33 heavy (non-hydrogen) atoms. The van der Waals surface area contributed by atoms with E-state index in [0.29, 0.717) is 22.1 Å². The molecule has 0 unspecified atom stereocenters. The molecule has 0 aliphatic carbocycles. The zero-order valence-corrected chi connectivity index (χ0v) is 17.9. The largest absolute Gasteiger partial charge is 0.460 e. The van der Waals surface area contributed by atoms with Crippen LogP contribution in [0.2, 0.25) is 0 Å². The van der Waals surface area contributed by atoms with Gasteiger partial charge in [0, 0.05) is 17.8 Å². The Morgan fingerprint density at radius 3 is 2.39 bits per heavy atom. The standard InChI is InChI=1S/C23H17FN4O4S/c24-20-9-5-4-8-19(20)22-25-26-23(27(22)17-6-2-1-3-7-17)33-15-21(29)32-14-16-10-12-18(13-11-16)28(30)31/h1-13H,14-15H2. The van der Waals surface area contributed by atoms with Crippen LogP contribution in [0.15, 0.2) is 84.0 Å². The number of carbonyl (C=O) groups excluding carboxylic acids is 1. The van der Waals surface area contributed by atoms with Crippen molar-refractivity contribution >= 4 is 23.4 Å². The van der Waals surface area contributed by atoms with E-state index in [1.165, 1.54) is 30.3 Å². The molecular formula is C23H17FN4O4S. The lowest BCUT2D eigenvalue weighted by Gasteiger charge is -2.10. The molecule has 0 aliphatic heterocycles. The number of halogens is 1. The number of rotatable bonds is 8. The second kappa shape index (κ2) is 10.0. The molecule has 0 fully saturated rings. The van der Waals surface area contributed by atoms with Crippen molar-refractivity contribution in [2.45, 2.75) is 11.8 Å². The van der Waals surface area contributed by atoms with Crippen LogP contribution in [-0.2, 0) is 16.1 Å². The summed E-state index contributed by atoms with van der Waals surface area (Å²) in [5.74, 6) is -0.648. The van der Waals surface area contributed by atoms with E-state index < -0.39 is 16.7 Å². The van der Waals surface area contributed by atoms with Gasteiger partial charge in [0.1, 0.15) is 12.4 Å². The fraction of sp³-hybridized carbons (Fsp3) is 0.0870. The van der Waals surface area contributed by atoms with Gasteiger partial charge in [-0.1, -0.05) is 42.1 Å². The number of carbonyl (C=O) groups is 1. The predicted octanol–water partition coefficient (Wildman–Crippen LogP) is 4.82. The van der Waals surface area contributed by atoms with Crippen molar-refractivity contribution < 1.29 is 18.8 Å². The highest BCUT2D eigenvalue weighted by atomic mass is 32.2. The van der Waals surface area contributed by atoms with Gasteiger partial charge in [-0.3, -0.25) is 19.5 Å². The summed E-state index contributed by atoms with van der Waals surface area (Å²) in [6.07, 6.45) is 0. The molecule has 1 aromatic heterocycles. The van der Waals surface area contributed by atoms with Crippen molar-refractivity contribution in [3.8, 4) is 17.1 Å². The molecule has 0 amide bonds. The van der Waals surface area contributed by atoms with E-state index in [9.17, 15) is 19.3 Å². The zero-order valence-electron chi connectivity index (χ0n) is 17.1. The van der Waals surface area contributed by atoms with Gasteiger partial charge in [0.05, 0.1) is 16.2 Å². The third-order valence-corrected chi connectivity index (χ3v) is 5.53. The van der Waals surface area contributed by atoms with E-state index in [2.05, 4.69) is 10.2 Å². The van der Waals surface area contributed by atoms with Gasteiger partial charge in [0.15, 0.2) is 11.0 Å². The lowest BCUT2D eigenvalue weighted by molar-refractivity contribution is -0.384. The third-order valence-electron chi connectivity index (χ3n) is 4.63. The van der Waals surface area contributed by atoms with Gasteiger partial charge < -0.3 is 4.74 Å². The highest BCUT2D eigenvalue weighted by Gasteiger charge is 2.19. The molecule has 4 aromatic rings. The first-order valence-corrected chi connectivity index (χ1v) is 10.8. The van der Waals surface area contributed by atoms with Gasteiger partial charge in [-0.15, -0.1) is 10.2 Å². The van der Waals surface area contributed by atoms with Crippen molar-refractivity contribution in [3.05, 3.63) is 100 Å². The summed E-state index contributed by atoms with van der Waals surface area (Å²) in [6.45, 7) is -0.0107. The van der Waals surface area contributed by atoms with Crippen molar-refractivity contribution in [3.63, 3.8) is 0 Å². The molecule has 0 radical (unpaired) electrons. The molecule has 0 N–H and O–H groups in total. The molecule has 0 saturated heterocycles. The van der Waals surface area contributed by atoms with Gasteiger partial charge >= 0.3 is 5.97 Å². The van der Waals surface area contributed by atoms with Gasteiger partial charge in [-0.25, -0.2) is 4.39 Å². The number of para-hydroxylation sites is 1. The molecule has 1 heterocycles. The van der Waals surface area contributed by atoms with Crippen LogP contribution in [0.4, 0.5) is 10.1 Å². The van der Waals surface area contributed by atoms with Crippen molar-refractivity contribution in [1.29, 1.82) is 0 Å². The van der Waals surface area contributed by atoms with Crippen LogP contribution in [0.25, 0.3) is 17.1 Å². The van der Waals surface area contributed by atoms with Gasteiger partial charge in [0.25, 0.3) is 5.69 Å². The number of ether oxygens (including phenoxy) is 1. The van der Waals surface area contributed by atoms with E-state index in [4.69, 9.17) is 4.74 Å². The van der Waals surface area contributed by atoms with Crippen LogP contribution in [0.5, 0.6) is 0 Å². The minimum absolute atomic E-state index is 0.0107. The van der Waals surface area contributed by atoms with Crippen LogP contribution >= 0.6 is 11.8 Å². The molecule has 0 atom stereocenters. The molecular weight excluding hydrogens is 447 g/mol. The molecule has 4 rings (SSSR count). The predicted molar refractivity (Wildman–Crippen MR) is 120 cm³/mol. The Bertz CT molecular complexity index is 1280. The number of hydrogen-bond donors (Lipinski definition) is 0. The topological polar surface area (TPSA) is 100 Å². The first-order valence-electron chi connectivity index (χ1n) is 9.80. The first kappa shape index (κ1) is 22.2. The Balaban J connectivity index is 1.48. The third kappa shape index (κ3) is 5.24. The highest BCUT2D eigenvalue weighted by molar-refractivity contribution is 7.99. The van der Waals surface area contributed by atoms with E-state index in [1.54, 1.807) is 22.8 Å². The SMILES string of the molecule is O=C(CSc1nnc(-c2ccccc2F)n1-c1ccccc1)OCc1ccc([N+](=O)[O-])cc1. The Morgan fingerprint density at radius 1 is 1.00 bits per heavy atom. The van der Waals surface area contributed by atoms with Crippen LogP contribution < -0.4 is 0 Å². The number of hydrogen-bond acceptors (Lipinski definition) is 7. The van der Waals surface area contributed by atoms with Gasteiger partial charge in [0.2, 0.25) is 0 Å². The smallest absolute Gasteiger partial charge is 0.316 e. The summed E-state index contributed by atoms with van der Waals surface area (Å²) >= 11 is 1.12. The maximum Gasteiger partial charge on any atom is 0.316 e. The molecule has 166 valence electrons. The minimum Gasteiger partial charge on any atom is -0.460 e. The van der Waals surface area contributed by atoms with Crippen LogP contribution in [0.1, 0.15) is 5.56 Å². The zero-order chi connectivity index (χ0) is 23.2. The lowest BCUT2D eigenvalue weighted by Crippen LogP contribution is -2.08. The Hall–Kier alpha value is -4.05. The Labute approximate surface area is 192 Å². The molecule has 10 heteroatoms. The summed E-state index contributed by atoms with van der Waals surface area (Å²) in [6, 6.07) is 21.3. The molecule has 0 saturated carbocycles. The number of aromatic nitrogens is 3. The molecule has 0 bridgehead atoms. The maximum atomic E-state index is 14.4. The number of nitro groups is 1. The average Bonchev–Trinajstić information content (AvgIpc) is 3.26. The van der Waals surface area contributed by atoms with E-state index >= 15 is 0 Å². The molecule has 3 aromatic carbocycles. The summed E-state index contributed by atoms with van der Waals surface area (Å²) in [5.41, 5.74) is 1.61. The number of esters is 1. The maximum absolute atomic E-state index is 14.4. The van der Waals surface area contributed by atoms with E-state index in [-0.39, 0.29) is 18.0 Å². The van der Waals surface area contributed by atoms with Crippen LogP contribution in [0, 0.1) is 15.9 Å². The fourth-order valence-electron chi connectivity index (χ4n) is 3.03. The van der Waals surface area contributed by atoms with Gasteiger partial charge in [-0.2, -0.15) is 0 Å². The van der Waals surface area contributed by atoms with Gasteiger partial charge in [-0.05, 0) is 42.0 Å². The second-order valence-corrected chi connectivity index (χ2v) is 7.77. The number of nitro benzene ring substituents is 1. The fourth-order valence-corrected chi connectivity index (χ4v) is 3.78. The number of thioether (sulfide) groups is 1. The van der Waals surface area contributed by atoms with Crippen LogP contribution in [0.3, 0.4) is 0 Å². The second-order valence-electron chi connectivity index (χ2n) is 6.83. The lowest BCUT2D eigenvalue weighted by atomic mass is 10.2. The summed E-state index contributed by atoms with van der Waals surface area (Å²) < 4.78 is 21.4. The molecule has 0 aliphatic rings. The Morgan fingerprint density at radius 2 is 1.70 bits per heavy atom. The van der Waals surface area contributed by atoms with Crippen molar-refractivity contribution in [2.24, 2.45) is 0 Å². The number of nitrogens with zero attached hydrogens (tertiary/aromatic N) is 4. The number of benzene rings is 3. The summed E-state index contributed by atoms with van der Waals surface area (Å²) in [4.78, 5) is 22.5. The highest BCUT2D eigenvalue weighted by Crippen LogP contribution is 2.29. The normalized spacial score (nSPS) is 10.7. The quantitative estimate of drug-likeness (QED) is 0.160. The van der Waals surface area contributed by atoms with Crippen LogP contribution in [-0.4, -0.2) is 31.4 Å².